The third-order valence-electron chi connectivity index (χ3n) is 5.53. The maximum Gasteiger partial charge on any atom is 0.412 e. The van der Waals surface area contributed by atoms with Gasteiger partial charge in [-0.2, -0.15) is 0 Å². The van der Waals surface area contributed by atoms with E-state index < -0.39 is 12.0 Å². The number of unbranched alkanes of at least 4 members (excludes halogenated alkanes) is 5. The molecule has 0 unspecified atom stereocenters. The molecule has 0 aliphatic heterocycles. The fourth-order valence-corrected chi connectivity index (χ4v) is 3.73. The van der Waals surface area contributed by atoms with Crippen molar-refractivity contribution in [2.24, 2.45) is 5.73 Å². The number of aryl methyl sites for hydroxylation is 1. The van der Waals surface area contributed by atoms with E-state index in [9.17, 15) is 9.59 Å². The number of carbonyl (C=O) groups excluding carboxylic acids is 2. The second-order valence-electron chi connectivity index (χ2n) is 8.15. The van der Waals surface area contributed by atoms with E-state index in [1.165, 1.54) is 31.2 Å². The van der Waals surface area contributed by atoms with Gasteiger partial charge in [-0.15, -0.1) is 0 Å². The van der Waals surface area contributed by atoms with Crippen LogP contribution in [0.1, 0.15) is 54.4 Å². The van der Waals surface area contributed by atoms with Gasteiger partial charge in [0, 0.05) is 12.1 Å². The van der Waals surface area contributed by atoms with Crippen LogP contribution >= 0.6 is 0 Å². The highest BCUT2D eigenvalue weighted by molar-refractivity contribution is 5.94. The highest BCUT2D eigenvalue weighted by Crippen LogP contribution is 2.24. The smallest absolute Gasteiger partial charge is 0.410 e. The number of rotatable bonds is 12. The predicted octanol–water partition coefficient (Wildman–Crippen LogP) is 6.12. The van der Waals surface area contributed by atoms with Crippen molar-refractivity contribution < 1.29 is 14.3 Å². The molecule has 0 heterocycles. The Labute approximate surface area is 196 Å². The molecular formula is C28H32N2O3. The highest BCUT2D eigenvalue weighted by Gasteiger charge is 2.07. The number of amides is 2. The molecule has 0 radical (unpaired) electrons. The third kappa shape index (κ3) is 8.45. The van der Waals surface area contributed by atoms with Crippen LogP contribution in [0.5, 0.6) is 5.75 Å². The van der Waals surface area contributed by atoms with E-state index in [1.54, 1.807) is 30.3 Å². The minimum Gasteiger partial charge on any atom is -0.410 e. The molecule has 3 rings (SSSR count). The first-order valence-corrected chi connectivity index (χ1v) is 11.6. The number of carbonyl (C=O) groups is 2. The number of ether oxygens (including phenoxy) is 1. The monoisotopic (exact) mass is 444 g/mol. The molecular weight excluding hydrogens is 412 g/mol. The van der Waals surface area contributed by atoms with Crippen molar-refractivity contribution >= 4 is 12.0 Å². The lowest BCUT2D eigenvalue weighted by molar-refractivity contribution is 0.1000. The van der Waals surface area contributed by atoms with Crippen molar-refractivity contribution in [3.8, 4) is 16.9 Å². The van der Waals surface area contributed by atoms with Crippen LogP contribution in [0.2, 0.25) is 0 Å². The van der Waals surface area contributed by atoms with E-state index in [0.717, 1.165) is 30.4 Å². The first-order valence-electron chi connectivity index (χ1n) is 11.6. The Morgan fingerprint density at radius 1 is 0.727 bits per heavy atom. The molecule has 5 nitrogen and oxygen atoms in total. The van der Waals surface area contributed by atoms with Gasteiger partial charge in [0.15, 0.2) is 0 Å². The van der Waals surface area contributed by atoms with Gasteiger partial charge in [0.1, 0.15) is 5.75 Å². The molecule has 0 atom stereocenters. The van der Waals surface area contributed by atoms with E-state index in [-0.39, 0.29) is 0 Å². The van der Waals surface area contributed by atoms with Gasteiger partial charge in [0.05, 0.1) is 0 Å². The van der Waals surface area contributed by atoms with Gasteiger partial charge in [-0.05, 0) is 60.2 Å². The Morgan fingerprint density at radius 3 is 2.15 bits per heavy atom. The zero-order valence-corrected chi connectivity index (χ0v) is 19.0. The lowest BCUT2D eigenvalue weighted by Crippen LogP contribution is -2.27. The Kier molecular flexibility index (Phi) is 9.52. The minimum absolute atomic E-state index is 0.438. The summed E-state index contributed by atoms with van der Waals surface area (Å²) in [5, 5.41) is 2.82. The maximum absolute atomic E-state index is 12.1. The number of benzene rings is 3. The van der Waals surface area contributed by atoms with E-state index >= 15 is 0 Å². The Balaban J connectivity index is 1.31. The van der Waals surface area contributed by atoms with E-state index in [1.807, 2.05) is 18.2 Å². The molecule has 0 aliphatic rings. The van der Waals surface area contributed by atoms with Crippen LogP contribution < -0.4 is 15.8 Å². The van der Waals surface area contributed by atoms with Gasteiger partial charge in [0.2, 0.25) is 5.91 Å². The zero-order valence-electron chi connectivity index (χ0n) is 19.0. The van der Waals surface area contributed by atoms with Gasteiger partial charge < -0.3 is 15.8 Å². The van der Waals surface area contributed by atoms with Crippen molar-refractivity contribution in [2.75, 3.05) is 6.54 Å². The molecule has 0 aliphatic carbocycles. The van der Waals surface area contributed by atoms with Gasteiger partial charge in [-0.3, -0.25) is 4.79 Å². The quantitative estimate of drug-likeness (QED) is 0.330. The molecule has 172 valence electrons. The summed E-state index contributed by atoms with van der Waals surface area (Å²) in [4.78, 5) is 23.5. The molecule has 0 saturated carbocycles. The van der Waals surface area contributed by atoms with Crippen LogP contribution in [-0.2, 0) is 6.42 Å². The summed E-state index contributed by atoms with van der Waals surface area (Å²) in [5.41, 5.74) is 8.88. The van der Waals surface area contributed by atoms with Crippen LogP contribution in [-0.4, -0.2) is 18.5 Å². The third-order valence-corrected chi connectivity index (χ3v) is 5.53. The van der Waals surface area contributed by atoms with Gasteiger partial charge >= 0.3 is 6.09 Å². The molecule has 33 heavy (non-hydrogen) atoms. The molecule has 3 aromatic carbocycles. The molecule has 2 amide bonds. The summed E-state index contributed by atoms with van der Waals surface area (Å²) in [7, 11) is 0. The molecule has 0 saturated heterocycles. The summed E-state index contributed by atoms with van der Waals surface area (Å²) >= 11 is 0. The molecule has 0 aromatic heterocycles. The van der Waals surface area contributed by atoms with E-state index in [2.05, 4.69) is 35.6 Å². The molecule has 0 spiro atoms. The first-order chi connectivity index (χ1) is 16.1. The number of hydrogen-bond acceptors (Lipinski definition) is 3. The Hall–Kier alpha value is -3.60. The summed E-state index contributed by atoms with van der Waals surface area (Å²) in [5.74, 6) is -0.0243. The lowest BCUT2D eigenvalue weighted by Gasteiger charge is -2.09. The van der Waals surface area contributed by atoms with Crippen LogP contribution in [0.3, 0.4) is 0 Å². The van der Waals surface area contributed by atoms with Crippen molar-refractivity contribution in [2.45, 2.75) is 44.9 Å². The first kappa shape index (κ1) is 24.1. The summed E-state index contributed by atoms with van der Waals surface area (Å²) < 4.78 is 5.41. The SMILES string of the molecule is NC(=O)c1cccc(-c2cccc(OC(=O)NCCCCCCCCc3ccccc3)c2)c1. The molecule has 0 fully saturated rings. The predicted molar refractivity (Wildman–Crippen MR) is 132 cm³/mol. The Bertz CT molecular complexity index is 1030. The number of hydrogen-bond donors (Lipinski definition) is 2. The fourth-order valence-electron chi connectivity index (χ4n) is 3.73. The molecule has 3 aromatic rings. The van der Waals surface area contributed by atoms with Gasteiger partial charge in [-0.25, -0.2) is 4.79 Å². The zero-order chi connectivity index (χ0) is 23.3. The van der Waals surface area contributed by atoms with Crippen LogP contribution in [0, 0.1) is 0 Å². The molecule has 5 heteroatoms. The van der Waals surface area contributed by atoms with E-state index in [0.29, 0.717) is 17.9 Å². The largest absolute Gasteiger partial charge is 0.412 e. The molecule has 0 bridgehead atoms. The maximum atomic E-state index is 12.1. The normalized spacial score (nSPS) is 10.5. The minimum atomic E-state index is -0.476. The second-order valence-corrected chi connectivity index (χ2v) is 8.15. The standard InChI is InChI=1S/C28H32N2O3/c29-27(31)25-17-10-15-23(20-25)24-16-11-18-26(21-24)33-28(32)30-19-9-4-2-1-3-6-12-22-13-7-5-8-14-22/h5,7-8,10-11,13-18,20-21H,1-4,6,9,12,19H2,(H2,29,31)(H,30,32). The fraction of sp³-hybridized carbons (Fsp3) is 0.286. The average Bonchev–Trinajstić information content (AvgIpc) is 2.84. The van der Waals surface area contributed by atoms with E-state index in [4.69, 9.17) is 10.5 Å². The van der Waals surface area contributed by atoms with Crippen molar-refractivity contribution in [1.82, 2.24) is 5.32 Å². The van der Waals surface area contributed by atoms with Crippen LogP contribution in [0.25, 0.3) is 11.1 Å². The van der Waals surface area contributed by atoms with Crippen molar-refractivity contribution in [3.05, 3.63) is 90.0 Å². The number of nitrogens with two attached hydrogens (primary N) is 1. The average molecular weight is 445 g/mol. The highest BCUT2D eigenvalue weighted by atomic mass is 16.6. The second kappa shape index (κ2) is 13.1. The van der Waals surface area contributed by atoms with Crippen LogP contribution in [0.15, 0.2) is 78.9 Å². The van der Waals surface area contributed by atoms with Gasteiger partial charge in [0.25, 0.3) is 0 Å². The Morgan fingerprint density at radius 2 is 1.39 bits per heavy atom. The van der Waals surface area contributed by atoms with Gasteiger partial charge in [-0.1, -0.05) is 80.3 Å². The summed E-state index contributed by atoms with van der Waals surface area (Å²) in [6.07, 6.45) is 7.58. The topological polar surface area (TPSA) is 81.4 Å². The summed E-state index contributed by atoms with van der Waals surface area (Å²) in [6, 6.07) is 24.9. The van der Waals surface area contributed by atoms with Crippen molar-refractivity contribution in [3.63, 3.8) is 0 Å². The van der Waals surface area contributed by atoms with Crippen LogP contribution in [0.4, 0.5) is 4.79 Å². The molecule has 3 N–H and O–H groups in total. The lowest BCUT2D eigenvalue weighted by atomic mass is 10.0. The number of nitrogens with one attached hydrogen (secondary N) is 1. The summed E-state index contributed by atoms with van der Waals surface area (Å²) in [6.45, 7) is 0.600. The number of primary amides is 1. The van der Waals surface area contributed by atoms with Crippen molar-refractivity contribution in [1.29, 1.82) is 0 Å².